The Kier molecular flexibility index (Phi) is 3.27. The van der Waals surface area contributed by atoms with Crippen LogP contribution in [0.15, 0.2) is 16.7 Å². The standard InChI is InChI=1S/C8H8BrClN2O/c1-12(2)8(13)7-6(10)3-5(9)4-11-7/h3-4H,1-2H3. The maximum Gasteiger partial charge on any atom is 0.273 e. The molecule has 5 heteroatoms. The monoisotopic (exact) mass is 262 g/mol. The fourth-order valence-electron chi connectivity index (χ4n) is 0.784. The molecular formula is C8H8BrClN2O. The van der Waals surface area contributed by atoms with E-state index in [0.29, 0.717) is 5.02 Å². The Labute approximate surface area is 89.8 Å². The first-order valence-electron chi connectivity index (χ1n) is 3.55. The van der Waals surface area contributed by atoms with E-state index in [1.54, 1.807) is 26.4 Å². The molecule has 13 heavy (non-hydrogen) atoms. The highest BCUT2D eigenvalue weighted by Gasteiger charge is 2.13. The summed E-state index contributed by atoms with van der Waals surface area (Å²) < 4.78 is 0.757. The maximum absolute atomic E-state index is 11.4. The molecule has 1 amide bonds. The molecule has 0 aromatic carbocycles. The lowest BCUT2D eigenvalue weighted by Crippen LogP contribution is -2.23. The van der Waals surface area contributed by atoms with E-state index < -0.39 is 0 Å². The van der Waals surface area contributed by atoms with Crippen molar-refractivity contribution in [3.05, 3.63) is 27.5 Å². The van der Waals surface area contributed by atoms with Gasteiger partial charge in [0.15, 0.2) is 0 Å². The first-order chi connectivity index (χ1) is 6.02. The van der Waals surface area contributed by atoms with Crippen molar-refractivity contribution in [1.29, 1.82) is 0 Å². The van der Waals surface area contributed by atoms with Crippen molar-refractivity contribution in [2.24, 2.45) is 0 Å². The Morgan fingerprint density at radius 2 is 2.23 bits per heavy atom. The Bertz CT molecular complexity index is 341. The molecular weight excluding hydrogens is 255 g/mol. The highest BCUT2D eigenvalue weighted by Crippen LogP contribution is 2.19. The van der Waals surface area contributed by atoms with Gasteiger partial charge in [-0.25, -0.2) is 4.98 Å². The Morgan fingerprint density at radius 3 is 2.69 bits per heavy atom. The van der Waals surface area contributed by atoms with Crippen LogP contribution in [0.2, 0.25) is 5.02 Å². The molecule has 0 aliphatic rings. The van der Waals surface area contributed by atoms with Crippen LogP contribution < -0.4 is 0 Å². The molecule has 0 saturated heterocycles. The quantitative estimate of drug-likeness (QED) is 0.778. The van der Waals surface area contributed by atoms with Gasteiger partial charge < -0.3 is 4.90 Å². The summed E-state index contributed by atoms with van der Waals surface area (Å²) in [4.78, 5) is 16.8. The number of hydrogen-bond donors (Lipinski definition) is 0. The van der Waals surface area contributed by atoms with Crippen LogP contribution in [-0.4, -0.2) is 29.9 Å². The fraction of sp³-hybridized carbons (Fsp3) is 0.250. The van der Waals surface area contributed by atoms with Gasteiger partial charge in [0, 0.05) is 24.8 Å². The average Bonchev–Trinajstić information content (AvgIpc) is 2.03. The van der Waals surface area contributed by atoms with E-state index in [1.807, 2.05) is 0 Å². The van der Waals surface area contributed by atoms with Crippen LogP contribution in [0.25, 0.3) is 0 Å². The number of rotatable bonds is 1. The summed E-state index contributed by atoms with van der Waals surface area (Å²) in [6.07, 6.45) is 1.54. The van der Waals surface area contributed by atoms with Crippen molar-refractivity contribution in [2.75, 3.05) is 14.1 Å². The summed E-state index contributed by atoms with van der Waals surface area (Å²) in [6, 6.07) is 1.64. The predicted octanol–water partition coefficient (Wildman–Crippen LogP) is 2.20. The van der Waals surface area contributed by atoms with Gasteiger partial charge in [0.25, 0.3) is 5.91 Å². The largest absolute Gasteiger partial charge is 0.343 e. The van der Waals surface area contributed by atoms with Gasteiger partial charge in [-0.05, 0) is 22.0 Å². The minimum Gasteiger partial charge on any atom is -0.343 e. The molecule has 1 aromatic rings. The van der Waals surface area contributed by atoms with Crippen LogP contribution >= 0.6 is 27.5 Å². The number of pyridine rings is 1. The second-order valence-electron chi connectivity index (χ2n) is 2.68. The number of hydrogen-bond acceptors (Lipinski definition) is 2. The van der Waals surface area contributed by atoms with Crippen LogP contribution in [-0.2, 0) is 0 Å². The van der Waals surface area contributed by atoms with Crippen molar-refractivity contribution in [3.8, 4) is 0 Å². The summed E-state index contributed by atoms with van der Waals surface area (Å²) in [5, 5.41) is 0.355. The molecule has 1 heterocycles. The molecule has 0 fully saturated rings. The molecule has 0 bridgehead atoms. The molecule has 70 valence electrons. The Hall–Kier alpha value is -0.610. The molecule has 0 N–H and O–H groups in total. The van der Waals surface area contributed by atoms with Crippen molar-refractivity contribution in [3.63, 3.8) is 0 Å². The van der Waals surface area contributed by atoms with Gasteiger partial charge in [-0.15, -0.1) is 0 Å². The first kappa shape index (κ1) is 10.5. The lowest BCUT2D eigenvalue weighted by atomic mass is 10.3. The zero-order valence-corrected chi connectivity index (χ0v) is 9.56. The van der Waals surface area contributed by atoms with Crippen LogP contribution in [0.5, 0.6) is 0 Å². The topological polar surface area (TPSA) is 33.2 Å². The van der Waals surface area contributed by atoms with Crippen LogP contribution in [0, 0.1) is 0 Å². The minimum absolute atomic E-state index is 0.197. The van der Waals surface area contributed by atoms with E-state index in [4.69, 9.17) is 11.6 Å². The number of carbonyl (C=O) groups excluding carboxylic acids is 1. The summed E-state index contributed by atoms with van der Waals surface area (Å²) in [7, 11) is 3.31. The normalized spacial score (nSPS) is 9.85. The highest BCUT2D eigenvalue weighted by molar-refractivity contribution is 9.10. The van der Waals surface area contributed by atoms with E-state index in [-0.39, 0.29) is 11.6 Å². The summed E-state index contributed by atoms with van der Waals surface area (Å²) >= 11 is 9.04. The fourth-order valence-corrected chi connectivity index (χ4v) is 1.49. The summed E-state index contributed by atoms with van der Waals surface area (Å²) in [5.74, 6) is -0.197. The zero-order valence-electron chi connectivity index (χ0n) is 7.21. The number of amides is 1. The predicted molar refractivity (Wildman–Crippen MR) is 55.0 cm³/mol. The summed E-state index contributed by atoms with van der Waals surface area (Å²) in [6.45, 7) is 0. The van der Waals surface area contributed by atoms with E-state index in [1.165, 1.54) is 4.90 Å². The van der Waals surface area contributed by atoms with E-state index in [2.05, 4.69) is 20.9 Å². The highest BCUT2D eigenvalue weighted by atomic mass is 79.9. The second kappa shape index (κ2) is 4.07. The summed E-state index contributed by atoms with van der Waals surface area (Å²) in [5.41, 5.74) is 0.273. The first-order valence-corrected chi connectivity index (χ1v) is 4.72. The van der Waals surface area contributed by atoms with E-state index in [0.717, 1.165) is 4.47 Å². The van der Waals surface area contributed by atoms with Crippen molar-refractivity contribution in [1.82, 2.24) is 9.88 Å². The molecule has 1 rings (SSSR count). The number of halogens is 2. The van der Waals surface area contributed by atoms with Crippen molar-refractivity contribution in [2.45, 2.75) is 0 Å². The number of nitrogens with zero attached hydrogens (tertiary/aromatic N) is 2. The molecule has 0 spiro atoms. The molecule has 0 saturated carbocycles. The van der Waals surface area contributed by atoms with Crippen LogP contribution in [0.4, 0.5) is 0 Å². The van der Waals surface area contributed by atoms with Gasteiger partial charge >= 0.3 is 0 Å². The maximum atomic E-state index is 11.4. The van der Waals surface area contributed by atoms with Crippen molar-refractivity contribution < 1.29 is 4.79 Å². The van der Waals surface area contributed by atoms with E-state index >= 15 is 0 Å². The minimum atomic E-state index is -0.197. The Balaban J connectivity index is 3.09. The van der Waals surface area contributed by atoms with Crippen LogP contribution in [0.3, 0.4) is 0 Å². The number of carbonyl (C=O) groups is 1. The molecule has 3 nitrogen and oxygen atoms in total. The Morgan fingerprint density at radius 1 is 1.62 bits per heavy atom. The average molecular weight is 264 g/mol. The van der Waals surface area contributed by atoms with Crippen molar-refractivity contribution >= 4 is 33.4 Å². The van der Waals surface area contributed by atoms with Gasteiger partial charge in [0.05, 0.1) is 5.02 Å². The third-order valence-electron chi connectivity index (χ3n) is 1.42. The smallest absolute Gasteiger partial charge is 0.273 e. The van der Waals surface area contributed by atoms with Gasteiger partial charge in [-0.3, -0.25) is 4.79 Å². The van der Waals surface area contributed by atoms with Gasteiger partial charge in [-0.1, -0.05) is 11.6 Å². The second-order valence-corrected chi connectivity index (χ2v) is 4.01. The van der Waals surface area contributed by atoms with Gasteiger partial charge in [-0.2, -0.15) is 0 Å². The third kappa shape index (κ3) is 2.42. The molecule has 1 aromatic heterocycles. The molecule has 0 atom stereocenters. The van der Waals surface area contributed by atoms with Gasteiger partial charge in [0.1, 0.15) is 5.69 Å². The molecule has 0 aliphatic heterocycles. The molecule has 0 radical (unpaired) electrons. The lowest BCUT2D eigenvalue weighted by Gasteiger charge is -2.10. The zero-order chi connectivity index (χ0) is 10.0. The SMILES string of the molecule is CN(C)C(=O)c1ncc(Br)cc1Cl. The lowest BCUT2D eigenvalue weighted by molar-refractivity contribution is 0.0822. The van der Waals surface area contributed by atoms with E-state index in [9.17, 15) is 4.79 Å². The third-order valence-corrected chi connectivity index (χ3v) is 2.14. The number of aromatic nitrogens is 1. The molecule has 0 aliphatic carbocycles. The van der Waals surface area contributed by atoms with Crippen LogP contribution in [0.1, 0.15) is 10.5 Å². The molecule has 0 unspecified atom stereocenters. The van der Waals surface area contributed by atoms with Gasteiger partial charge in [0.2, 0.25) is 0 Å².